The Morgan fingerprint density at radius 2 is 2.19 bits per heavy atom. The van der Waals surface area contributed by atoms with E-state index in [0.29, 0.717) is 5.69 Å². The standard InChI is InChI=1S/C11H15NO3S/c1-3-16-8-9-6-4-5-7-10(9)12(15-2)11(13)14/h4-7H,3,8H2,1-2H3,(H,13,14). The van der Waals surface area contributed by atoms with Crippen molar-refractivity contribution in [2.75, 3.05) is 17.9 Å². The van der Waals surface area contributed by atoms with Crippen LogP contribution in [0.25, 0.3) is 0 Å². The Hall–Kier alpha value is -1.20. The van der Waals surface area contributed by atoms with Gasteiger partial charge in [0.25, 0.3) is 0 Å². The molecule has 0 spiro atoms. The number of hydroxylamine groups is 1. The minimum Gasteiger partial charge on any atom is -0.463 e. The topological polar surface area (TPSA) is 49.8 Å². The second-order valence-electron chi connectivity index (χ2n) is 3.03. The Bertz CT molecular complexity index is 357. The van der Waals surface area contributed by atoms with Crippen LogP contribution in [0.5, 0.6) is 0 Å². The highest BCUT2D eigenvalue weighted by molar-refractivity contribution is 7.98. The quantitative estimate of drug-likeness (QED) is 0.805. The van der Waals surface area contributed by atoms with Crippen LogP contribution in [0.3, 0.4) is 0 Å². The fourth-order valence-electron chi connectivity index (χ4n) is 1.32. The predicted molar refractivity (Wildman–Crippen MR) is 65.8 cm³/mol. The molecule has 0 saturated carbocycles. The van der Waals surface area contributed by atoms with E-state index >= 15 is 0 Å². The number of hydrogen-bond donors (Lipinski definition) is 1. The SMILES string of the molecule is CCSCc1ccccc1N(OC)C(=O)O. The van der Waals surface area contributed by atoms with E-state index in [9.17, 15) is 4.79 Å². The molecule has 88 valence electrons. The molecule has 0 radical (unpaired) electrons. The lowest BCUT2D eigenvalue weighted by atomic mass is 10.2. The molecular formula is C11H15NO3S. The molecular weight excluding hydrogens is 226 g/mol. The summed E-state index contributed by atoms with van der Waals surface area (Å²) < 4.78 is 0. The molecule has 1 amide bonds. The van der Waals surface area contributed by atoms with Gasteiger partial charge in [-0.05, 0) is 17.4 Å². The second kappa shape index (κ2) is 6.40. The minimum absolute atomic E-state index is 0.582. The first-order chi connectivity index (χ1) is 7.70. The highest BCUT2D eigenvalue weighted by atomic mass is 32.2. The van der Waals surface area contributed by atoms with E-state index in [-0.39, 0.29) is 0 Å². The van der Waals surface area contributed by atoms with Crippen molar-refractivity contribution in [1.82, 2.24) is 0 Å². The molecule has 0 fully saturated rings. The van der Waals surface area contributed by atoms with Crippen LogP contribution >= 0.6 is 11.8 Å². The summed E-state index contributed by atoms with van der Waals surface area (Å²) in [5.74, 6) is 1.77. The van der Waals surface area contributed by atoms with E-state index in [0.717, 1.165) is 22.1 Å². The van der Waals surface area contributed by atoms with Gasteiger partial charge in [0, 0.05) is 5.75 Å². The summed E-state index contributed by atoms with van der Waals surface area (Å²) in [6, 6.07) is 7.34. The number of carbonyl (C=O) groups is 1. The Labute approximate surface area is 99.2 Å². The number of para-hydroxylation sites is 1. The molecule has 0 unspecified atom stereocenters. The number of thioether (sulfide) groups is 1. The molecule has 0 aliphatic heterocycles. The molecule has 0 bridgehead atoms. The van der Waals surface area contributed by atoms with Crippen molar-refractivity contribution in [2.24, 2.45) is 0 Å². The van der Waals surface area contributed by atoms with E-state index in [2.05, 4.69) is 6.92 Å². The van der Waals surface area contributed by atoms with Gasteiger partial charge in [0.15, 0.2) is 0 Å². The lowest BCUT2D eigenvalue weighted by Gasteiger charge is -2.18. The maximum atomic E-state index is 11.0. The summed E-state index contributed by atoms with van der Waals surface area (Å²) >= 11 is 1.74. The Kier molecular flexibility index (Phi) is 5.14. The number of nitrogens with zero attached hydrogens (tertiary/aromatic N) is 1. The molecule has 4 nitrogen and oxygen atoms in total. The van der Waals surface area contributed by atoms with Crippen molar-refractivity contribution in [3.8, 4) is 0 Å². The summed E-state index contributed by atoms with van der Waals surface area (Å²) in [6.45, 7) is 2.07. The van der Waals surface area contributed by atoms with Crippen LogP contribution in [-0.2, 0) is 10.6 Å². The third kappa shape index (κ3) is 3.15. The summed E-state index contributed by atoms with van der Waals surface area (Å²) in [6.07, 6.45) is -1.11. The van der Waals surface area contributed by atoms with Gasteiger partial charge in [0.1, 0.15) is 0 Å². The Morgan fingerprint density at radius 3 is 2.75 bits per heavy atom. The van der Waals surface area contributed by atoms with E-state index in [1.807, 2.05) is 12.1 Å². The first kappa shape index (κ1) is 12.9. The van der Waals surface area contributed by atoms with Gasteiger partial charge in [-0.3, -0.25) is 4.84 Å². The minimum atomic E-state index is -1.11. The molecule has 0 aliphatic rings. The van der Waals surface area contributed by atoms with E-state index in [1.54, 1.807) is 23.9 Å². The normalized spacial score (nSPS) is 10.1. The zero-order valence-corrected chi connectivity index (χ0v) is 10.2. The maximum absolute atomic E-state index is 11.0. The van der Waals surface area contributed by atoms with Crippen LogP contribution in [0.1, 0.15) is 12.5 Å². The van der Waals surface area contributed by atoms with Crippen LogP contribution in [0, 0.1) is 0 Å². The molecule has 0 aromatic heterocycles. The predicted octanol–water partition coefficient (Wildman–Crippen LogP) is 2.99. The second-order valence-corrected chi connectivity index (χ2v) is 4.30. The van der Waals surface area contributed by atoms with Gasteiger partial charge in [-0.1, -0.05) is 25.1 Å². The number of benzene rings is 1. The van der Waals surface area contributed by atoms with E-state index < -0.39 is 6.09 Å². The van der Waals surface area contributed by atoms with E-state index in [1.165, 1.54) is 7.11 Å². The maximum Gasteiger partial charge on any atom is 0.436 e. The average molecular weight is 241 g/mol. The fraction of sp³-hybridized carbons (Fsp3) is 0.364. The third-order valence-electron chi connectivity index (χ3n) is 2.03. The van der Waals surface area contributed by atoms with Crippen LogP contribution in [-0.4, -0.2) is 24.1 Å². The van der Waals surface area contributed by atoms with Gasteiger partial charge in [-0.15, -0.1) is 0 Å². The molecule has 0 atom stereocenters. The smallest absolute Gasteiger partial charge is 0.436 e. The highest BCUT2D eigenvalue weighted by Gasteiger charge is 2.16. The van der Waals surface area contributed by atoms with Crippen molar-refractivity contribution in [2.45, 2.75) is 12.7 Å². The molecule has 1 aromatic rings. The average Bonchev–Trinajstić information content (AvgIpc) is 2.28. The van der Waals surface area contributed by atoms with Crippen LogP contribution in [0.2, 0.25) is 0 Å². The van der Waals surface area contributed by atoms with Crippen LogP contribution in [0.4, 0.5) is 10.5 Å². The summed E-state index contributed by atoms with van der Waals surface area (Å²) in [5, 5.41) is 9.85. The van der Waals surface area contributed by atoms with Crippen molar-refractivity contribution >= 4 is 23.5 Å². The monoisotopic (exact) mass is 241 g/mol. The summed E-state index contributed by atoms with van der Waals surface area (Å²) in [5.41, 5.74) is 1.54. The van der Waals surface area contributed by atoms with Gasteiger partial charge < -0.3 is 5.11 Å². The molecule has 1 N–H and O–H groups in total. The molecule has 0 saturated heterocycles. The van der Waals surface area contributed by atoms with Crippen molar-refractivity contribution in [1.29, 1.82) is 0 Å². The molecule has 1 aromatic carbocycles. The zero-order valence-electron chi connectivity index (χ0n) is 9.34. The molecule has 5 heteroatoms. The zero-order chi connectivity index (χ0) is 12.0. The molecule has 1 rings (SSSR count). The van der Waals surface area contributed by atoms with Gasteiger partial charge >= 0.3 is 6.09 Å². The lowest BCUT2D eigenvalue weighted by Crippen LogP contribution is -2.28. The molecule has 0 heterocycles. The Balaban J connectivity index is 2.96. The van der Waals surface area contributed by atoms with Gasteiger partial charge in [-0.2, -0.15) is 16.8 Å². The van der Waals surface area contributed by atoms with Crippen LogP contribution in [0.15, 0.2) is 24.3 Å². The number of hydrogen-bond acceptors (Lipinski definition) is 3. The number of anilines is 1. The summed E-state index contributed by atoms with van der Waals surface area (Å²) in [4.78, 5) is 15.8. The van der Waals surface area contributed by atoms with Crippen molar-refractivity contribution in [3.63, 3.8) is 0 Å². The van der Waals surface area contributed by atoms with Gasteiger partial charge in [0.2, 0.25) is 0 Å². The number of rotatable bonds is 5. The van der Waals surface area contributed by atoms with E-state index in [4.69, 9.17) is 9.94 Å². The fourth-order valence-corrected chi connectivity index (χ4v) is 1.99. The third-order valence-corrected chi connectivity index (χ3v) is 2.95. The Morgan fingerprint density at radius 1 is 1.50 bits per heavy atom. The van der Waals surface area contributed by atoms with Crippen molar-refractivity contribution < 1.29 is 14.7 Å². The van der Waals surface area contributed by atoms with Crippen molar-refractivity contribution in [3.05, 3.63) is 29.8 Å². The number of carboxylic acid groups (broad SMARTS) is 1. The highest BCUT2D eigenvalue weighted by Crippen LogP contribution is 2.24. The summed E-state index contributed by atoms with van der Waals surface area (Å²) in [7, 11) is 1.35. The number of amides is 1. The molecule has 0 aliphatic carbocycles. The molecule has 16 heavy (non-hydrogen) atoms. The first-order valence-corrected chi connectivity index (χ1v) is 6.09. The van der Waals surface area contributed by atoms with Gasteiger partial charge in [-0.25, -0.2) is 4.79 Å². The lowest BCUT2D eigenvalue weighted by molar-refractivity contribution is 0.130. The van der Waals surface area contributed by atoms with Gasteiger partial charge in [0.05, 0.1) is 12.8 Å². The van der Waals surface area contributed by atoms with Crippen LogP contribution < -0.4 is 5.06 Å². The first-order valence-electron chi connectivity index (χ1n) is 4.93. The largest absolute Gasteiger partial charge is 0.463 e.